The van der Waals surface area contributed by atoms with Crippen LogP contribution in [0.1, 0.15) is 11.1 Å². The molecule has 0 saturated carbocycles. The van der Waals surface area contributed by atoms with Gasteiger partial charge in [0, 0.05) is 11.6 Å². The smallest absolute Gasteiger partial charge is 0.216 e. The van der Waals surface area contributed by atoms with E-state index >= 15 is 0 Å². The lowest BCUT2D eigenvalue weighted by Crippen LogP contribution is -1.91. The van der Waals surface area contributed by atoms with Crippen LogP contribution < -0.4 is 4.74 Å². The van der Waals surface area contributed by atoms with Crippen molar-refractivity contribution in [2.75, 3.05) is 7.11 Å². The van der Waals surface area contributed by atoms with Gasteiger partial charge in [0.15, 0.2) is 0 Å². The van der Waals surface area contributed by atoms with Crippen molar-refractivity contribution in [3.8, 4) is 17.1 Å². The van der Waals surface area contributed by atoms with Gasteiger partial charge in [-0.1, -0.05) is 12.1 Å². The monoisotopic (exact) mass is 214 g/mol. The van der Waals surface area contributed by atoms with Crippen LogP contribution in [0.5, 0.6) is 5.88 Å². The standard InChI is InChI=1S/C13H14N2O/c1-9-4-5-11(6-10(9)2)12-7-13(16-3)15-8-14-12/h4-8H,1-3H3. The Kier molecular flexibility index (Phi) is 2.86. The van der Waals surface area contributed by atoms with Gasteiger partial charge in [0.25, 0.3) is 0 Å². The Bertz CT molecular complexity index is 509. The summed E-state index contributed by atoms with van der Waals surface area (Å²) < 4.78 is 5.08. The second kappa shape index (κ2) is 4.31. The zero-order valence-corrected chi connectivity index (χ0v) is 9.69. The highest BCUT2D eigenvalue weighted by Gasteiger charge is 2.03. The van der Waals surface area contributed by atoms with Crippen LogP contribution in [0, 0.1) is 13.8 Å². The van der Waals surface area contributed by atoms with Crippen LogP contribution in [0.15, 0.2) is 30.6 Å². The summed E-state index contributed by atoms with van der Waals surface area (Å²) in [5, 5.41) is 0. The molecule has 2 rings (SSSR count). The minimum Gasteiger partial charge on any atom is -0.481 e. The second-order valence-electron chi connectivity index (χ2n) is 3.74. The Morgan fingerprint density at radius 3 is 2.50 bits per heavy atom. The van der Waals surface area contributed by atoms with Crippen molar-refractivity contribution in [3.05, 3.63) is 41.7 Å². The molecule has 3 heteroatoms. The zero-order valence-electron chi connectivity index (χ0n) is 9.69. The first-order chi connectivity index (χ1) is 7.70. The van der Waals surface area contributed by atoms with E-state index in [1.165, 1.54) is 17.5 Å². The van der Waals surface area contributed by atoms with E-state index in [-0.39, 0.29) is 0 Å². The number of nitrogens with zero attached hydrogens (tertiary/aromatic N) is 2. The zero-order chi connectivity index (χ0) is 11.5. The summed E-state index contributed by atoms with van der Waals surface area (Å²) >= 11 is 0. The van der Waals surface area contributed by atoms with Gasteiger partial charge in [-0.25, -0.2) is 9.97 Å². The Morgan fingerprint density at radius 2 is 1.81 bits per heavy atom. The third kappa shape index (κ3) is 2.03. The van der Waals surface area contributed by atoms with Gasteiger partial charge in [-0.2, -0.15) is 0 Å². The number of aryl methyl sites for hydroxylation is 2. The SMILES string of the molecule is COc1cc(-c2ccc(C)c(C)c2)ncn1. The second-order valence-corrected chi connectivity index (χ2v) is 3.74. The van der Waals surface area contributed by atoms with E-state index in [1.54, 1.807) is 7.11 Å². The van der Waals surface area contributed by atoms with Gasteiger partial charge >= 0.3 is 0 Å². The molecule has 82 valence electrons. The maximum Gasteiger partial charge on any atom is 0.216 e. The number of aromatic nitrogens is 2. The lowest BCUT2D eigenvalue weighted by molar-refractivity contribution is 0.397. The molecule has 0 N–H and O–H groups in total. The van der Waals surface area contributed by atoms with Crippen molar-refractivity contribution in [1.29, 1.82) is 0 Å². The first kappa shape index (κ1) is 10.6. The first-order valence-electron chi connectivity index (χ1n) is 5.14. The third-order valence-electron chi connectivity index (χ3n) is 2.65. The van der Waals surface area contributed by atoms with Gasteiger partial charge in [-0.15, -0.1) is 0 Å². The van der Waals surface area contributed by atoms with Crippen LogP contribution in [-0.4, -0.2) is 17.1 Å². The molecule has 16 heavy (non-hydrogen) atoms. The Balaban J connectivity index is 2.46. The van der Waals surface area contributed by atoms with Gasteiger partial charge in [-0.3, -0.25) is 0 Å². The molecule has 0 radical (unpaired) electrons. The van der Waals surface area contributed by atoms with E-state index in [0.717, 1.165) is 11.3 Å². The molecule has 1 aromatic heterocycles. The van der Waals surface area contributed by atoms with Crippen LogP contribution in [0.25, 0.3) is 11.3 Å². The largest absolute Gasteiger partial charge is 0.481 e. The molecule has 0 unspecified atom stereocenters. The number of benzene rings is 1. The molecule has 0 bridgehead atoms. The molecule has 1 heterocycles. The van der Waals surface area contributed by atoms with Crippen LogP contribution in [0.3, 0.4) is 0 Å². The molecule has 0 aliphatic carbocycles. The van der Waals surface area contributed by atoms with Crippen molar-refractivity contribution < 1.29 is 4.74 Å². The van der Waals surface area contributed by atoms with E-state index in [9.17, 15) is 0 Å². The van der Waals surface area contributed by atoms with Gasteiger partial charge in [0.05, 0.1) is 12.8 Å². The summed E-state index contributed by atoms with van der Waals surface area (Å²) in [5.74, 6) is 0.586. The van der Waals surface area contributed by atoms with Crippen LogP contribution >= 0.6 is 0 Å². The van der Waals surface area contributed by atoms with Crippen LogP contribution in [0.2, 0.25) is 0 Å². The number of ether oxygens (including phenoxy) is 1. The van der Waals surface area contributed by atoms with Gasteiger partial charge in [0.2, 0.25) is 5.88 Å². The highest BCUT2D eigenvalue weighted by atomic mass is 16.5. The Labute approximate surface area is 95.1 Å². The van der Waals surface area contributed by atoms with E-state index < -0.39 is 0 Å². The lowest BCUT2D eigenvalue weighted by atomic mass is 10.0. The summed E-state index contributed by atoms with van der Waals surface area (Å²) in [6, 6.07) is 8.12. The molecule has 1 aromatic carbocycles. The molecule has 2 aromatic rings. The molecule has 0 spiro atoms. The van der Waals surface area contributed by atoms with Crippen molar-refractivity contribution in [2.24, 2.45) is 0 Å². The molecule has 0 atom stereocenters. The molecular formula is C13H14N2O. The quantitative estimate of drug-likeness (QED) is 0.771. The summed E-state index contributed by atoms with van der Waals surface area (Å²) in [4.78, 5) is 8.23. The highest BCUT2D eigenvalue weighted by Crippen LogP contribution is 2.21. The van der Waals surface area contributed by atoms with E-state index in [2.05, 4.69) is 42.0 Å². The van der Waals surface area contributed by atoms with Crippen LogP contribution in [0.4, 0.5) is 0 Å². The van der Waals surface area contributed by atoms with Gasteiger partial charge < -0.3 is 4.74 Å². The van der Waals surface area contributed by atoms with Gasteiger partial charge in [0.1, 0.15) is 6.33 Å². The fourth-order valence-corrected chi connectivity index (χ4v) is 1.51. The Hall–Kier alpha value is -1.90. The normalized spacial score (nSPS) is 10.2. The maximum atomic E-state index is 5.08. The van der Waals surface area contributed by atoms with Crippen molar-refractivity contribution >= 4 is 0 Å². The maximum absolute atomic E-state index is 5.08. The summed E-state index contributed by atoms with van der Waals surface area (Å²) in [7, 11) is 1.60. The first-order valence-corrected chi connectivity index (χ1v) is 5.14. The fourth-order valence-electron chi connectivity index (χ4n) is 1.51. The van der Waals surface area contributed by atoms with Crippen molar-refractivity contribution in [3.63, 3.8) is 0 Å². The molecule has 0 saturated heterocycles. The average molecular weight is 214 g/mol. The van der Waals surface area contributed by atoms with Crippen molar-refractivity contribution in [2.45, 2.75) is 13.8 Å². The van der Waals surface area contributed by atoms with Crippen molar-refractivity contribution in [1.82, 2.24) is 9.97 Å². The predicted molar refractivity (Wildman–Crippen MR) is 63.5 cm³/mol. The number of hydrogen-bond donors (Lipinski definition) is 0. The van der Waals surface area contributed by atoms with E-state index in [1.807, 2.05) is 6.07 Å². The molecule has 0 aliphatic rings. The fraction of sp³-hybridized carbons (Fsp3) is 0.231. The summed E-state index contributed by atoms with van der Waals surface area (Å²) in [6.45, 7) is 4.19. The molecule has 0 aliphatic heterocycles. The number of methoxy groups -OCH3 is 1. The van der Waals surface area contributed by atoms with Crippen LogP contribution in [-0.2, 0) is 0 Å². The lowest BCUT2D eigenvalue weighted by Gasteiger charge is -2.05. The number of rotatable bonds is 2. The Morgan fingerprint density at radius 1 is 1.00 bits per heavy atom. The molecule has 3 nitrogen and oxygen atoms in total. The highest BCUT2D eigenvalue weighted by molar-refractivity contribution is 5.61. The predicted octanol–water partition coefficient (Wildman–Crippen LogP) is 2.77. The van der Waals surface area contributed by atoms with Gasteiger partial charge in [-0.05, 0) is 31.0 Å². The van der Waals surface area contributed by atoms with E-state index in [4.69, 9.17) is 4.74 Å². The summed E-state index contributed by atoms with van der Waals surface area (Å²) in [5.41, 5.74) is 4.51. The van der Waals surface area contributed by atoms with E-state index in [0.29, 0.717) is 5.88 Å². The average Bonchev–Trinajstić information content (AvgIpc) is 2.33. The molecule has 0 fully saturated rings. The minimum absolute atomic E-state index is 0.586. The minimum atomic E-state index is 0.586. The molecule has 0 amide bonds. The summed E-state index contributed by atoms with van der Waals surface area (Å²) in [6.07, 6.45) is 1.52. The third-order valence-corrected chi connectivity index (χ3v) is 2.65. The topological polar surface area (TPSA) is 35.0 Å². The number of hydrogen-bond acceptors (Lipinski definition) is 3. The molecular weight excluding hydrogens is 200 g/mol.